The monoisotopic (exact) mass is 399 g/mol. The van der Waals surface area contributed by atoms with E-state index in [1.807, 2.05) is 31.2 Å². The number of Topliss-reactive ketones (excluding diaryl/α,β-unsaturated/α-hetero) is 1. The number of benzene rings is 1. The van der Waals surface area contributed by atoms with Crippen LogP contribution in [-0.4, -0.2) is 49.3 Å². The van der Waals surface area contributed by atoms with Gasteiger partial charge in [-0.05, 0) is 55.3 Å². The first-order valence-electron chi connectivity index (χ1n) is 8.80. The number of rotatable bonds is 7. The quantitative estimate of drug-likeness (QED) is 0.370. The van der Waals surface area contributed by atoms with Gasteiger partial charge in [-0.15, -0.1) is 5.10 Å². The maximum Gasteiger partial charge on any atom is 0.340 e. The van der Waals surface area contributed by atoms with Crippen molar-refractivity contribution in [2.75, 3.05) is 12.4 Å². The van der Waals surface area contributed by atoms with Crippen LogP contribution in [0.15, 0.2) is 29.4 Å². The molecule has 3 aromatic rings. The van der Waals surface area contributed by atoms with E-state index in [0.717, 1.165) is 11.3 Å². The lowest BCUT2D eigenvalue weighted by atomic mass is 10.1. The van der Waals surface area contributed by atoms with Crippen molar-refractivity contribution in [3.8, 4) is 5.69 Å². The second-order valence-electron chi connectivity index (χ2n) is 6.22. The summed E-state index contributed by atoms with van der Waals surface area (Å²) in [5.74, 6) is -0.431. The molecule has 0 radical (unpaired) electrons. The van der Waals surface area contributed by atoms with Crippen molar-refractivity contribution in [2.24, 2.45) is 0 Å². The Morgan fingerprint density at radius 1 is 1.21 bits per heavy atom. The number of aromatic nitrogens is 5. The molecule has 0 fully saturated rings. The van der Waals surface area contributed by atoms with Crippen molar-refractivity contribution in [3.05, 3.63) is 52.3 Å². The summed E-state index contributed by atoms with van der Waals surface area (Å²) in [5.41, 5.74) is 3.92. The number of ether oxygens (including phenoxy) is 1. The molecule has 0 bridgehead atoms. The Morgan fingerprint density at radius 2 is 1.96 bits per heavy atom. The highest BCUT2D eigenvalue weighted by atomic mass is 32.2. The van der Waals surface area contributed by atoms with Crippen LogP contribution in [0.4, 0.5) is 0 Å². The van der Waals surface area contributed by atoms with Gasteiger partial charge in [0.1, 0.15) is 0 Å². The van der Waals surface area contributed by atoms with Crippen LogP contribution in [-0.2, 0) is 4.74 Å². The molecular weight excluding hydrogens is 378 g/mol. The molecule has 0 aliphatic heterocycles. The number of carbonyl (C=O) groups is 2. The number of thioether (sulfide) groups is 1. The molecule has 0 saturated carbocycles. The Balaban J connectivity index is 1.78. The highest BCUT2D eigenvalue weighted by Crippen LogP contribution is 2.24. The number of hydrogen-bond donors (Lipinski definition) is 1. The Hall–Kier alpha value is -2.94. The third-order valence-electron chi connectivity index (χ3n) is 4.31. The second kappa shape index (κ2) is 8.39. The molecule has 1 aromatic carbocycles. The van der Waals surface area contributed by atoms with Crippen LogP contribution in [0.2, 0.25) is 0 Å². The number of nitrogens with zero attached hydrogens (tertiary/aromatic N) is 4. The summed E-state index contributed by atoms with van der Waals surface area (Å²) < 4.78 is 6.69. The van der Waals surface area contributed by atoms with E-state index < -0.39 is 5.97 Å². The molecule has 28 heavy (non-hydrogen) atoms. The summed E-state index contributed by atoms with van der Waals surface area (Å²) in [6, 6.07) is 7.74. The van der Waals surface area contributed by atoms with Crippen LogP contribution in [0.1, 0.15) is 44.6 Å². The highest BCUT2D eigenvalue weighted by Gasteiger charge is 2.23. The maximum atomic E-state index is 12.7. The van der Waals surface area contributed by atoms with Crippen LogP contribution in [0.3, 0.4) is 0 Å². The average Bonchev–Trinajstić information content (AvgIpc) is 3.24. The fourth-order valence-electron chi connectivity index (χ4n) is 2.96. The minimum Gasteiger partial charge on any atom is -0.462 e. The lowest BCUT2D eigenvalue weighted by molar-refractivity contribution is 0.0525. The van der Waals surface area contributed by atoms with Gasteiger partial charge in [0.05, 0.1) is 29.3 Å². The van der Waals surface area contributed by atoms with Gasteiger partial charge in [0.25, 0.3) is 0 Å². The summed E-state index contributed by atoms with van der Waals surface area (Å²) in [6.45, 7) is 7.49. The molecule has 2 heterocycles. The zero-order valence-corrected chi connectivity index (χ0v) is 17.0. The Bertz CT molecular complexity index is 1020. The van der Waals surface area contributed by atoms with Gasteiger partial charge < -0.3 is 9.72 Å². The van der Waals surface area contributed by atoms with Crippen molar-refractivity contribution in [3.63, 3.8) is 0 Å². The fourth-order valence-corrected chi connectivity index (χ4v) is 3.72. The summed E-state index contributed by atoms with van der Waals surface area (Å²) in [7, 11) is 0. The topological polar surface area (TPSA) is 103 Å². The number of aromatic amines is 1. The average molecular weight is 399 g/mol. The van der Waals surface area contributed by atoms with E-state index in [1.165, 1.54) is 11.8 Å². The molecule has 9 heteroatoms. The molecule has 0 amide bonds. The van der Waals surface area contributed by atoms with Crippen molar-refractivity contribution < 1.29 is 14.3 Å². The first kappa shape index (κ1) is 19.8. The first-order chi connectivity index (χ1) is 13.4. The predicted octanol–water partition coefficient (Wildman–Crippen LogP) is 3.07. The van der Waals surface area contributed by atoms with E-state index in [9.17, 15) is 9.59 Å². The third kappa shape index (κ3) is 3.84. The smallest absolute Gasteiger partial charge is 0.340 e. The van der Waals surface area contributed by atoms with E-state index in [1.54, 1.807) is 25.5 Å². The van der Waals surface area contributed by atoms with Gasteiger partial charge in [-0.3, -0.25) is 4.79 Å². The SMILES string of the molecule is CCOC(=O)c1c(C)[nH]c(C(=O)CSc2nnnn2-c2ccccc2C)c1C. The summed E-state index contributed by atoms with van der Waals surface area (Å²) in [4.78, 5) is 27.9. The molecule has 0 unspecified atom stereocenters. The number of hydrogen-bond acceptors (Lipinski definition) is 7. The van der Waals surface area contributed by atoms with Gasteiger partial charge in [-0.25, -0.2) is 4.79 Å². The van der Waals surface area contributed by atoms with Gasteiger partial charge in [0, 0.05) is 5.69 Å². The molecule has 0 aliphatic rings. The minimum absolute atomic E-state index is 0.134. The Labute approximate surface area is 166 Å². The van der Waals surface area contributed by atoms with Crippen LogP contribution in [0.25, 0.3) is 5.69 Å². The zero-order chi connectivity index (χ0) is 20.3. The van der Waals surface area contributed by atoms with Gasteiger partial charge in [0.15, 0.2) is 5.78 Å². The van der Waals surface area contributed by atoms with Crippen LogP contribution < -0.4 is 0 Å². The lowest BCUT2D eigenvalue weighted by Crippen LogP contribution is -2.09. The maximum absolute atomic E-state index is 12.7. The molecule has 0 aliphatic carbocycles. The van der Waals surface area contributed by atoms with Crippen LogP contribution in [0.5, 0.6) is 0 Å². The van der Waals surface area contributed by atoms with Crippen molar-refractivity contribution >= 4 is 23.5 Å². The highest BCUT2D eigenvalue weighted by molar-refractivity contribution is 7.99. The number of esters is 1. The molecule has 1 N–H and O–H groups in total. The summed E-state index contributed by atoms with van der Waals surface area (Å²) in [6.07, 6.45) is 0. The molecule has 3 rings (SSSR count). The molecule has 0 saturated heterocycles. The first-order valence-corrected chi connectivity index (χ1v) is 9.79. The van der Waals surface area contributed by atoms with Crippen LogP contribution >= 0.6 is 11.8 Å². The summed E-state index contributed by atoms with van der Waals surface area (Å²) in [5, 5.41) is 12.3. The van der Waals surface area contributed by atoms with Gasteiger partial charge in [-0.1, -0.05) is 30.0 Å². The predicted molar refractivity (Wildman–Crippen MR) is 105 cm³/mol. The van der Waals surface area contributed by atoms with Gasteiger partial charge in [0.2, 0.25) is 5.16 Å². The molecular formula is C19H21N5O3S. The Morgan fingerprint density at radius 3 is 2.68 bits per heavy atom. The minimum atomic E-state index is -0.427. The number of tetrazole rings is 1. The molecule has 146 valence electrons. The Kier molecular flexibility index (Phi) is 5.93. The van der Waals surface area contributed by atoms with Gasteiger partial charge in [-0.2, -0.15) is 4.68 Å². The molecule has 2 aromatic heterocycles. The standard InChI is InChI=1S/C19H21N5O3S/c1-5-27-18(26)16-12(3)17(20-13(16)4)15(25)10-28-19-21-22-23-24(19)14-9-7-6-8-11(14)2/h6-9,20H,5,10H2,1-4H3. The fraction of sp³-hybridized carbons (Fsp3) is 0.316. The number of aryl methyl sites for hydroxylation is 2. The second-order valence-corrected chi connectivity index (χ2v) is 7.16. The van der Waals surface area contributed by atoms with E-state index in [2.05, 4.69) is 20.5 Å². The van der Waals surface area contributed by atoms with Crippen molar-refractivity contribution in [1.29, 1.82) is 0 Å². The third-order valence-corrected chi connectivity index (χ3v) is 5.23. The van der Waals surface area contributed by atoms with E-state index in [4.69, 9.17) is 4.74 Å². The number of nitrogens with one attached hydrogen (secondary N) is 1. The van der Waals surface area contributed by atoms with E-state index >= 15 is 0 Å². The number of ketones is 1. The molecule has 8 nitrogen and oxygen atoms in total. The van der Waals surface area contributed by atoms with Gasteiger partial charge >= 0.3 is 5.97 Å². The number of H-pyrrole nitrogens is 1. The number of carbonyl (C=O) groups excluding carboxylic acids is 2. The van der Waals surface area contributed by atoms with Crippen molar-refractivity contribution in [1.82, 2.24) is 25.2 Å². The molecule has 0 spiro atoms. The lowest BCUT2D eigenvalue weighted by Gasteiger charge is -2.07. The van der Waals surface area contributed by atoms with Crippen LogP contribution in [0, 0.1) is 20.8 Å². The number of para-hydroxylation sites is 1. The van der Waals surface area contributed by atoms with E-state index in [-0.39, 0.29) is 18.1 Å². The largest absolute Gasteiger partial charge is 0.462 e. The summed E-state index contributed by atoms with van der Waals surface area (Å²) >= 11 is 1.24. The van der Waals surface area contributed by atoms with Crippen molar-refractivity contribution in [2.45, 2.75) is 32.9 Å². The zero-order valence-electron chi connectivity index (χ0n) is 16.1. The normalized spacial score (nSPS) is 10.9. The van der Waals surface area contributed by atoms with E-state index in [0.29, 0.717) is 27.7 Å². The molecule has 0 atom stereocenters.